The van der Waals surface area contributed by atoms with Gasteiger partial charge in [-0.3, -0.25) is 4.79 Å². The molecule has 1 fully saturated rings. The Morgan fingerprint density at radius 1 is 1.43 bits per heavy atom. The summed E-state index contributed by atoms with van der Waals surface area (Å²) in [7, 11) is 0. The number of hydrogen-bond acceptors (Lipinski definition) is 3. The maximum Gasteiger partial charge on any atom is 0.239 e. The van der Waals surface area contributed by atoms with Crippen LogP contribution in [0, 0.1) is 0 Å². The third kappa shape index (κ3) is 4.07. The highest BCUT2D eigenvalue weighted by Gasteiger charge is 2.20. The second-order valence-corrected chi connectivity index (χ2v) is 2.95. The van der Waals surface area contributed by atoms with Crippen LogP contribution in [0.5, 0.6) is 0 Å². The van der Waals surface area contributed by atoms with Gasteiger partial charge in [0.1, 0.15) is 0 Å². The Balaban J connectivity index is 0.000000791. The minimum absolute atomic E-state index is 0.0563. The summed E-state index contributed by atoms with van der Waals surface area (Å²) >= 11 is 0. The van der Waals surface area contributed by atoms with Crippen LogP contribution in [-0.2, 0) is 9.53 Å². The Morgan fingerprint density at radius 3 is 2.36 bits per heavy atom. The largest absolute Gasteiger partial charge is 0.378 e. The van der Waals surface area contributed by atoms with E-state index in [9.17, 15) is 4.79 Å². The topological polar surface area (TPSA) is 55.6 Å². The van der Waals surface area contributed by atoms with Crippen molar-refractivity contribution in [2.45, 2.75) is 33.2 Å². The Hall–Kier alpha value is -0.610. The number of nitrogens with zero attached hydrogens (tertiary/aromatic N) is 1. The first-order valence-corrected chi connectivity index (χ1v) is 5.37. The number of carbonyl (C=O) groups excluding carboxylic acids is 1. The van der Waals surface area contributed by atoms with Crippen LogP contribution in [0.2, 0.25) is 0 Å². The molecule has 14 heavy (non-hydrogen) atoms. The molecule has 84 valence electrons. The number of nitrogens with two attached hydrogens (primary N) is 1. The van der Waals surface area contributed by atoms with Crippen molar-refractivity contribution in [3.63, 3.8) is 0 Å². The van der Waals surface area contributed by atoms with Gasteiger partial charge in [0.2, 0.25) is 5.91 Å². The molecule has 1 saturated heterocycles. The van der Waals surface area contributed by atoms with E-state index in [-0.39, 0.29) is 11.9 Å². The molecule has 1 rings (SSSR count). The molecule has 1 unspecified atom stereocenters. The fraction of sp³-hybridized carbons (Fsp3) is 0.900. The number of amides is 1. The van der Waals surface area contributed by atoms with Gasteiger partial charge < -0.3 is 15.4 Å². The molecule has 0 radical (unpaired) electrons. The second kappa shape index (κ2) is 7.76. The summed E-state index contributed by atoms with van der Waals surface area (Å²) in [6.45, 7) is 8.58. The quantitative estimate of drug-likeness (QED) is 0.713. The second-order valence-electron chi connectivity index (χ2n) is 2.95. The lowest BCUT2D eigenvalue weighted by Crippen LogP contribution is -2.48. The number of morpholine rings is 1. The summed E-state index contributed by atoms with van der Waals surface area (Å²) in [5.41, 5.74) is 5.62. The van der Waals surface area contributed by atoms with Gasteiger partial charge in [0.05, 0.1) is 19.3 Å². The Morgan fingerprint density at radius 2 is 1.93 bits per heavy atom. The fourth-order valence-electron chi connectivity index (χ4n) is 1.19. The Labute approximate surface area is 86.4 Å². The monoisotopic (exact) mass is 202 g/mol. The zero-order chi connectivity index (χ0) is 11.0. The van der Waals surface area contributed by atoms with Crippen molar-refractivity contribution in [2.24, 2.45) is 5.73 Å². The van der Waals surface area contributed by atoms with Crippen molar-refractivity contribution in [1.82, 2.24) is 4.90 Å². The molecule has 0 aromatic carbocycles. The van der Waals surface area contributed by atoms with Gasteiger partial charge >= 0.3 is 0 Å². The molecule has 0 bridgehead atoms. The molecule has 4 heteroatoms. The molecule has 1 amide bonds. The maximum atomic E-state index is 11.5. The van der Waals surface area contributed by atoms with Crippen LogP contribution in [-0.4, -0.2) is 43.2 Å². The van der Waals surface area contributed by atoms with Crippen LogP contribution in [0.3, 0.4) is 0 Å². The van der Waals surface area contributed by atoms with E-state index in [1.54, 1.807) is 4.90 Å². The first kappa shape index (κ1) is 13.4. The lowest BCUT2D eigenvalue weighted by Gasteiger charge is -2.28. The molecule has 0 saturated carbocycles. The predicted octanol–water partition coefficient (Wildman–Crippen LogP) is 0.609. The number of carbonyl (C=O) groups is 1. The first-order valence-electron chi connectivity index (χ1n) is 5.37. The average molecular weight is 202 g/mol. The third-order valence-electron chi connectivity index (χ3n) is 2.08. The molecular weight excluding hydrogens is 180 g/mol. The van der Waals surface area contributed by atoms with Crippen molar-refractivity contribution < 1.29 is 9.53 Å². The Bertz CT molecular complexity index is 156. The summed E-state index contributed by atoms with van der Waals surface area (Å²) in [4.78, 5) is 13.2. The van der Waals surface area contributed by atoms with E-state index in [1.807, 2.05) is 20.8 Å². The predicted molar refractivity (Wildman–Crippen MR) is 57.0 cm³/mol. The van der Waals surface area contributed by atoms with Gasteiger partial charge in [0, 0.05) is 13.1 Å². The highest BCUT2D eigenvalue weighted by molar-refractivity contribution is 5.81. The Kier molecular flexibility index (Phi) is 7.42. The van der Waals surface area contributed by atoms with E-state index in [2.05, 4.69) is 0 Å². The third-order valence-corrected chi connectivity index (χ3v) is 2.08. The average Bonchev–Trinajstić information content (AvgIpc) is 2.31. The van der Waals surface area contributed by atoms with Crippen LogP contribution >= 0.6 is 0 Å². The van der Waals surface area contributed by atoms with Crippen LogP contribution < -0.4 is 5.73 Å². The molecule has 4 nitrogen and oxygen atoms in total. The van der Waals surface area contributed by atoms with Crippen LogP contribution in [0.4, 0.5) is 0 Å². The molecule has 0 aliphatic carbocycles. The summed E-state index contributed by atoms with van der Waals surface area (Å²) in [5.74, 6) is 0.0563. The van der Waals surface area contributed by atoms with Crippen molar-refractivity contribution >= 4 is 5.91 Å². The molecule has 0 aromatic heterocycles. The van der Waals surface area contributed by atoms with Gasteiger partial charge in [0.15, 0.2) is 0 Å². The highest BCUT2D eigenvalue weighted by atomic mass is 16.5. The van der Waals surface area contributed by atoms with E-state index < -0.39 is 0 Å². The lowest BCUT2D eigenvalue weighted by atomic mass is 10.2. The smallest absolute Gasteiger partial charge is 0.239 e. The summed E-state index contributed by atoms with van der Waals surface area (Å²) < 4.78 is 5.13. The standard InChI is InChI=1S/C8H16N2O2.C2H6/c1-2-7(9)8(11)10-3-5-12-6-4-10;1-2/h7H,2-6,9H2,1H3;1-2H3. The van der Waals surface area contributed by atoms with Gasteiger partial charge in [-0.1, -0.05) is 20.8 Å². The zero-order valence-corrected chi connectivity index (χ0v) is 9.45. The summed E-state index contributed by atoms with van der Waals surface area (Å²) in [6.07, 6.45) is 0.705. The SMILES string of the molecule is CC.CCC(N)C(=O)N1CCOCC1. The normalized spacial score (nSPS) is 18.1. The lowest BCUT2D eigenvalue weighted by molar-refractivity contribution is -0.136. The minimum Gasteiger partial charge on any atom is -0.378 e. The van der Waals surface area contributed by atoms with Gasteiger partial charge in [0.25, 0.3) is 0 Å². The number of ether oxygens (including phenoxy) is 1. The van der Waals surface area contributed by atoms with Crippen LogP contribution in [0.15, 0.2) is 0 Å². The van der Waals surface area contributed by atoms with E-state index >= 15 is 0 Å². The molecular formula is C10H22N2O2. The fourth-order valence-corrected chi connectivity index (χ4v) is 1.19. The summed E-state index contributed by atoms with van der Waals surface area (Å²) in [6, 6.07) is -0.330. The maximum absolute atomic E-state index is 11.5. The molecule has 1 aliphatic rings. The highest BCUT2D eigenvalue weighted by Crippen LogP contribution is 2.00. The van der Waals surface area contributed by atoms with E-state index in [0.29, 0.717) is 32.7 Å². The van der Waals surface area contributed by atoms with Crippen molar-refractivity contribution in [3.8, 4) is 0 Å². The molecule has 0 spiro atoms. The number of hydrogen-bond donors (Lipinski definition) is 1. The van der Waals surface area contributed by atoms with Gasteiger partial charge in [-0.15, -0.1) is 0 Å². The van der Waals surface area contributed by atoms with Gasteiger partial charge in [-0.25, -0.2) is 0 Å². The zero-order valence-electron chi connectivity index (χ0n) is 9.45. The van der Waals surface area contributed by atoms with E-state index in [1.165, 1.54) is 0 Å². The van der Waals surface area contributed by atoms with E-state index in [0.717, 1.165) is 0 Å². The number of rotatable bonds is 2. The van der Waals surface area contributed by atoms with Gasteiger partial charge in [-0.2, -0.15) is 0 Å². The molecule has 1 heterocycles. The minimum atomic E-state index is -0.330. The molecule has 0 aromatic rings. The summed E-state index contributed by atoms with van der Waals surface area (Å²) in [5, 5.41) is 0. The first-order chi connectivity index (χ1) is 6.75. The molecule has 1 aliphatic heterocycles. The van der Waals surface area contributed by atoms with Crippen LogP contribution in [0.25, 0.3) is 0 Å². The molecule has 1 atom stereocenters. The van der Waals surface area contributed by atoms with Crippen molar-refractivity contribution in [1.29, 1.82) is 0 Å². The van der Waals surface area contributed by atoms with Gasteiger partial charge in [-0.05, 0) is 6.42 Å². The van der Waals surface area contributed by atoms with E-state index in [4.69, 9.17) is 10.5 Å². The van der Waals surface area contributed by atoms with Crippen molar-refractivity contribution in [2.75, 3.05) is 26.3 Å². The van der Waals surface area contributed by atoms with Crippen LogP contribution in [0.1, 0.15) is 27.2 Å². The van der Waals surface area contributed by atoms with Crippen molar-refractivity contribution in [3.05, 3.63) is 0 Å². The molecule has 2 N–H and O–H groups in total.